The highest BCUT2D eigenvalue weighted by molar-refractivity contribution is 7.98. The molecule has 1 aliphatic carbocycles. The molecule has 0 saturated heterocycles. The largest absolute Gasteiger partial charge is 0.496 e. The highest BCUT2D eigenvalue weighted by atomic mass is 32.2. The summed E-state index contributed by atoms with van der Waals surface area (Å²) in [5.74, 6) is 2.99. The number of anilines is 1. The Bertz CT molecular complexity index is 1050. The molecule has 4 nitrogen and oxygen atoms in total. The molecule has 3 aromatic rings. The minimum absolute atomic E-state index is 0.819. The maximum absolute atomic E-state index is 5.80. The second-order valence-electron chi connectivity index (χ2n) is 8.82. The average Bonchev–Trinajstić information content (AvgIpc) is 3.11. The SMILES string of the molecule is CCCCN(CC1CCC1)c1c(SC)nc2c(-c3c(C)cc(C)cc3OC)cccn12. The molecule has 31 heavy (non-hydrogen) atoms. The Morgan fingerprint density at radius 1 is 1.26 bits per heavy atom. The van der Waals surface area contributed by atoms with Gasteiger partial charge in [-0.05, 0) is 74.6 Å². The van der Waals surface area contributed by atoms with Crippen molar-refractivity contribution in [3.63, 3.8) is 0 Å². The van der Waals surface area contributed by atoms with Crippen LogP contribution in [-0.4, -0.2) is 35.8 Å². The van der Waals surface area contributed by atoms with Crippen molar-refractivity contribution in [1.29, 1.82) is 0 Å². The molecule has 0 bridgehead atoms. The number of nitrogens with zero attached hydrogens (tertiary/aromatic N) is 3. The summed E-state index contributed by atoms with van der Waals surface area (Å²) in [5.41, 5.74) is 5.73. The molecule has 1 saturated carbocycles. The number of benzene rings is 1. The van der Waals surface area contributed by atoms with Gasteiger partial charge in [-0.1, -0.05) is 25.8 Å². The fourth-order valence-electron chi connectivity index (χ4n) is 4.71. The molecule has 0 N–H and O–H groups in total. The van der Waals surface area contributed by atoms with Crippen LogP contribution in [0.25, 0.3) is 16.8 Å². The molecule has 2 heterocycles. The van der Waals surface area contributed by atoms with Gasteiger partial charge in [0.2, 0.25) is 0 Å². The fourth-order valence-corrected chi connectivity index (χ4v) is 5.30. The molecule has 1 fully saturated rings. The predicted molar refractivity (Wildman–Crippen MR) is 133 cm³/mol. The zero-order chi connectivity index (χ0) is 22.0. The third-order valence-corrected chi connectivity index (χ3v) is 7.17. The number of pyridine rings is 1. The van der Waals surface area contributed by atoms with E-state index in [1.165, 1.54) is 49.0 Å². The molecule has 4 rings (SSSR count). The van der Waals surface area contributed by atoms with Crippen LogP contribution in [0.2, 0.25) is 0 Å². The predicted octanol–water partition coefficient (Wildman–Crippen LogP) is 6.76. The fraction of sp³-hybridized carbons (Fsp3) is 0.500. The molecule has 5 heteroatoms. The Balaban J connectivity index is 1.87. The van der Waals surface area contributed by atoms with E-state index >= 15 is 0 Å². The van der Waals surface area contributed by atoms with E-state index < -0.39 is 0 Å². The Labute approximate surface area is 191 Å². The van der Waals surface area contributed by atoms with E-state index in [2.05, 4.69) is 66.8 Å². The molecular formula is C26H35N3OS. The van der Waals surface area contributed by atoms with Crippen molar-refractivity contribution in [2.24, 2.45) is 5.92 Å². The lowest BCUT2D eigenvalue weighted by atomic mass is 9.85. The van der Waals surface area contributed by atoms with Crippen LogP contribution in [0.15, 0.2) is 35.5 Å². The maximum Gasteiger partial charge on any atom is 0.147 e. The minimum atomic E-state index is 0.819. The summed E-state index contributed by atoms with van der Waals surface area (Å²) in [7, 11) is 1.76. The van der Waals surface area contributed by atoms with Gasteiger partial charge in [-0.2, -0.15) is 0 Å². The van der Waals surface area contributed by atoms with E-state index in [1.807, 2.05) is 0 Å². The number of aromatic nitrogens is 2. The van der Waals surface area contributed by atoms with E-state index in [0.29, 0.717) is 0 Å². The third-order valence-electron chi connectivity index (χ3n) is 6.50. The normalized spacial score (nSPS) is 14.1. The molecule has 0 atom stereocenters. The number of methoxy groups -OCH3 is 1. The molecule has 1 aromatic carbocycles. The number of fused-ring (bicyclic) bond motifs is 1. The van der Waals surface area contributed by atoms with Gasteiger partial charge in [-0.25, -0.2) is 4.98 Å². The highest BCUT2D eigenvalue weighted by Gasteiger charge is 2.26. The molecule has 166 valence electrons. The first-order valence-corrected chi connectivity index (χ1v) is 12.8. The lowest BCUT2D eigenvalue weighted by molar-refractivity contribution is 0.316. The van der Waals surface area contributed by atoms with Crippen LogP contribution in [-0.2, 0) is 0 Å². The molecule has 0 unspecified atom stereocenters. The van der Waals surface area contributed by atoms with E-state index in [4.69, 9.17) is 9.72 Å². The van der Waals surface area contributed by atoms with Crippen LogP contribution in [0.3, 0.4) is 0 Å². The summed E-state index contributed by atoms with van der Waals surface area (Å²) >= 11 is 1.75. The van der Waals surface area contributed by atoms with Crippen molar-refractivity contribution < 1.29 is 4.74 Å². The Kier molecular flexibility index (Phi) is 6.80. The van der Waals surface area contributed by atoms with Crippen LogP contribution in [0.4, 0.5) is 5.82 Å². The van der Waals surface area contributed by atoms with Crippen LogP contribution < -0.4 is 9.64 Å². The number of hydrogen-bond donors (Lipinski definition) is 0. The Morgan fingerprint density at radius 3 is 2.71 bits per heavy atom. The van der Waals surface area contributed by atoms with E-state index in [9.17, 15) is 0 Å². The number of thioether (sulfide) groups is 1. The number of hydrogen-bond acceptors (Lipinski definition) is 4. The Morgan fingerprint density at radius 2 is 2.06 bits per heavy atom. The number of imidazole rings is 1. The lowest BCUT2D eigenvalue weighted by Crippen LogP contribution is -2.34. The summed E-state index contributed by atoms with van der Waals surface area (Å²) in [6.07, 6.45) is 10.8. The third kappa shape index (κ3) is 4.30. The highest BCUT2D eigenvalue weighted by Crippen LogP contribution is 2.40. The van der Waals surface area contributed by atoms with Gasteiger partial charge in [0.15, 0.2) is 0 Å². The van der Waals surface area contributed by atoms with E-state index in [0.717, 1.165) is 46.6 Å². The second kappa shape index (κ2) is 9.56. The molecular weight excluding hydrogens is 402 g/mol. The average molecular weight is 438 g/mol. The van der Waals surface area contributed by atoms with Crippen molar-refractivity contribution in [3.05, 3.63) is 41.6 Å². The zero-order valence-corrected chi connectivity index (χ0v) is 20.4. The summed E-state index contributed by atoms with van der Waals surface area (Å²) in [5, 5.41) is 1.12. The first kappa shape index (κ1) is 22.1. The molecule has 0 spiro atoms. The monoisotopic (exact) mass is 437 g/mol. The quantitative estimate of drug-likeness (QED) is 0.346. The van der Waals surface area contributed by atoms with Gasteiger partial charge in [0.05, 0.1) is 7.11 Å². The summed E-state index contributed by atoms with van der Waals surface area (Å²) in [4.78, 5) is 7.75. The zero-order valence-electron chi connectivity index (χ0n) is 19.6. The van der Waals surface area contributed by atoms with Crippen LogP contribution in [0.1, 0.15) is 50.2 Å². The van der Waals surface area contributed by atoms with Gasteiger partial charge in [-0.3, -0.25) is 4.40 Å². The number of rotatable bonds is 9. The summed E-state index contributed by atoms with van der Waals surface area (Å²) in [6, 6.07) is 8.68. The molecule has 0 aliphatic heterocycles. The standard InChI is InChI=1S/C26H35N3OS/c1-6-7-13-28(17-20-10-8-11-20)26-25(31-5)27-24-21(12-9-14-29(24)26)23-19(3)15-18(2)16-22(23)30-4/h9,12,14-16,20H,6-8,10-11,13,17H2,1-5H3. The topological polar surface area (TPSA) is 29.8 Å². The van der Waals surface area contributed by atoms with E-state index in [1.54, 1.807) is 18.9 Å². The number of aryl methyl sites for hydroxylation is 2. The smallest absolute Gasteiger partial charge is 0.147 e. The number of unbranched alkanes of at least 4 members (excludes halogenated alkanes) is 1. The van der Waals surface area contributed by atoms with Gasteiger partial charge in [0.1, 0.15) is 22.2 Å². The summed E-state index contributed by atoms with van der Waals surface area (Å²) in [6.45, 7) is 8.78. The molecule has 2 aromatic heterocycles. The van der Waals surface area contributed by atoms with Gasteiger partial charge < -0.3 is 9.64 Å². The van der Waals surface area contributed by atoms with Crippen molar-refractivity contribution >= 4 is 23.2 Å². The first-order valence-electron chi connectivity index (χ1n) is 11.5. The minimum Gasteiger partial charge on any atom is -0.496 e. The number of ether oxygens (including phenoxy) is 1. The molecule has 1 aliphatic rings. The van der Waals surface area contributed by atoms with Crippen molar-refractivity contribution in [3.8, 4) is 16.9 Å². The van der Waals surface area contributed by atoms with Gasteiger partial charge in [0, 0.05) is 30.4 Å². The van der Waals surface area contributed by atoms with E-state index in [-0.39, 0.29) is 0 Å². The Hall–Kier alpha value is -2.14. The van der Waals surface area contributed by atoms with Gasteiger partial charge >= 0.3 is 0 Å². The second-order valence-corrected chi connectivity index (χ2v) is 9.61. The van der Waals surface area contributed by atoms with Crippen molar-refractivity contribution in [1.82, 2.24) is 9.38 Å². The van der Waals surface area contributed by atoms with Crippen LogP contribution >= 0.6 is 11.8 Å². The lowest BCUT2D eigenvalue weighted by Gasteiger charge is -2.33. The molecule has 0 radical (unpaired) electrons. The van der Waals surface area contributed by atoms with Crippen LogP contribution in [0.5, 0.6) is 5.75 Å². The van der Waals surface area contributed by atoms with Gasteiger partial charge in [0.25, 0.3) is 0 Å². The molecule has 0 amide bonds. The summed E-state index contributed by atoms with van der Waals surface area (Å²) < 4.78 is 8.11. The van der Waals surface area contributed by atoms with Crippen molar-refractivity contribution in [2.75, 3.05) is 31.4 Å². The van der Waals surface area contributed by atoms with Crippen molar-refractivity contribution in [2.45, 2.75) is 57.9 Å². The first-order chi connectivity index (χ1) is 15.1. The van der Waals surface area contributed by atoms with Gasteiger partial charge in [-0.15, -0.1) is 11.8 Å². The maximum atomic E-state index is 5.80. The van der Waals surface area contributed by atoms with Crippen LogP contribution in [0, 0.1) is 19.8 Å².